The molecule has 0 aromatic carbocycles. The number of nitrogens with zero attached hydrogens (tertiary/aromatic N) is 2. The van der Waals surface area contributed by atoms with Gasteiger partial charge in [-0.05, 0) is 5.92 Å². The molecule has 1 aromatic heterocycles. The first-order valence-corrected chi connectivity index (χ1v) is 4.36. The Bertz CT molecular complexity index is 284. The average molecular weight is 197 g/mol. The molecular formula is C8H15N5O. The van der Waals surface area contributed by atoms with Crippen LogP contribution in [0.5, 0.6) is 0 Å². The number of anilines is 3. The Hall–Kier alpha value is -1.56. The van der Waals surface area contributed by atoms with Crippen LogP contribution in [0.1, 0.15) is 6.92 Å². The average Bonchev–Trinajstić information content (AvgIpc) is 2.12. The van der Waals surface area contributed by atoms with Gasteiger partial charge >= 0.3 is 0 Å². The number of nitrogen functional groups attached to an aromatic ring is 2. The van der Waals surface area contributed by atoms with Crippen LogP contribution in [0.3, 0.4) is 0 Å². The van der Waals surface area contributed by atoms with E-state index in [-0.39, 0.29) is 18.5 Å². The summed E-state index contributed by atoms with van der Waals surface area (Å²) in [7, 11) is 0. The lowest BCUT2D eigenvalue weighted by molar-refractivity contribution is 0.244. The quantitative estimate of drug-likeness (QED) is 0.526. The predicted molar refractivity (Wildman–Crippen MR) is 55.6 cm³/mol. The van der Waals surface area contributed by atoms with Gasteiger partial charge < -0.3 is 21.9 Å². The molecule has 0 aliphatic rings. The van der Waals surface area contributed by atoms with Gasteiger partial charge in [-0.1, -0.05) is 6.92 Å². The number of aliphatic hydroxyl groups is 1. The second kappa shape index (κ2) is 4.61. The van der Waals surface area contributed by atoms with E-state index in [1.807, 2.05) is 6.92 Å². The summed E-state index contributed by atoms with van der Waals surface area (Å²) < 4.78 is 0. The molecule has 1 atom stereocenters. The first kappa shape index (κ1) is 10.5. The molecule has 1 rings (SSSR count). The maximum Gasteiger partial charge on any atom is 0.223 e. The zero-order chi connectivity index (χ0) is 10.6. The highest BCUT2D eigenvalue weighted by Gasteiger charge is 2.02. The molecule has 1 aromatic rings. The lowest BCUT2D eigenvalue weighted by Gasteiger charge is -2.10. The molecule has 0 amide bonds. The van der Waals surface area contributed by atoms with Gasteiger partial charge in [-0.15, -0.1) is 0 Å². The molecule has 1 heterocycles. The Morgan fingerprint density at radius 2 is 2.21 bits per heavy atom. The molecule has 6 N–H and O–H groups in total. The number of nitrogens with two attached hydrogens (primary N) is 2. The summed E-state index contributed by atoms with van der Waals surface area (Å²) in [6.45, 7) is 2.66. The molecule has 78 valence electrons. The van der Waals surface area contributed by atoms with Crippen molar-refractivity contribution in [3.63, 3.8) is 0 Å². The molecule has 6 nitrogen and oxygen atoms in total. The molecule has 0 saturated carbocycles. The number of rotatable bonds is 4. The van der Waals surface area contributed by atoms with E-state index in [1.54, 1.807) is 6.07 Å². The Kier molecular flexibility index (Phi) is 3.47. The highest BCUT2D eigenvalue weighted by Crippen LogP contribution is 2.09. The van der Waals surface area contributed by atoms with Crippen LogP contribution < -0.4 is 16.8 Å². The second-order valence-corrected chi connectivity index (χ2v) is 3.20. The fraction of sp³-hybridized carbons (Fsp3) is 0.500. The second-order valence-electron chi connectivity index (χ2n) is 3.20. The van der Waals surface area contributed by atoms with Gasteiger partial charge in [0, 0.05) is 19.2 Å². The standard InChI is InChI=1S/C8H15N5O/c1-5(4-14)3-11-7-2-6(9)12-8(10)13-7/h2,5,14H,3-4H2,1H3,(H5,9,10,11,12,13). The van der Waals surface area contributed by atoms with Gasteiger partial charge in [0.2, 0.25) is 5.95 Å². The van der Waals surface area contributed by atoms with E-state index in [1.165, 1.54) is 0 Å². The van der Waals surface area contributed by atoms with Crippen molar-refractivity contribution >= 4 is 17.6 Å². The molecule has 1 unspecified atom stereocenters. The van der Waals surface area contributed by atoms with Crippen LogP contribution in [0.15, 0.2) is 6.07 Å². The van der Waals surface area contributed by atoms with Crippen LogP contribution in [0, 0.1) is 5.92 Å². The maximum atomic E-state index is 8.80. The summed E-state index contributed by atoms with van der Waals surface area (Å²) in [5.74, 6) is 1.21. The third kappa shape index (κ3) is 3.06. The molecule has 0 radical (unpaired) electrons. The summed E-state index contributed by atoms with van der Waals surface area (Å²) in [6, 6.07) is 1.60. The largest absolute Gasteiger partial charge is 0.396 e. The SMILES string of the molecule is CC(CO)CNc1cc(N)nc(N)n1. The normalized spacial score (nSPS) is 12.4. The lowest BCUT2D eigenvalue weighted by atomic mass is 10.2. The Balaban J connectivity index is 2.58. The highest BCUT2D eigenvalue weighted by molar-refractivity contribution is 5.48. The smallest absolute Gasteiger partial charge is 0.223 e. The number of aliphatic hydroxyl groups excluding tert-OH is 1. The lowest BCUT2D eigenvalue weighted by Crippen LogP contribution is -2.16. The molecule has 0 aliphatic heterocycles. The van der Waals surface area contributed by atoms with Crippen molar-refractivity contribution in [1.29, 1.82) is 0 Å². The third-order valence-electron chi connectivity index (χ3n) is 1.71. The Morgan fingerprint density at radius 1 is 1.50 bits per heavy atom. The van der Waals surface area contributed by atoms with Crippen LogP contribution >= 0.6 is 0 Å². The van der Waals surface area contributed by atoms with Gasteiger partial charge in [-0.2, -0.15) is 9.97 Å². The van der Waals surface area contributed by atoms with Gasteiger partial charge in [-0.3, -0.25) is 0 Å². The molecular weight excluding hydrogens is 182 g/mol. The van der Waals surface area contributed by atoms with Crippen molar-refractivity contribution in [3.05, 3.63) is 6.07 Å². The summed E-state index contributed by atoms with van der Waals surface area (Å²) in [5, 5.41) is 11.8. The van der Waals surface area contributed by atoms with Crippen molar-refractivity contribution < 1.29 is 5.11 Å². The van der Waals surface area contributed by atoms with E-state index in [2.05, 4.69) is 15.3 Å². The zero-order valence-electron chi connectivity index (χ0n) is 8.07. The van der Waals surface area contributed by atoms with Gasteiger partial charge in [0.1, 0.15) is 11.6 Å². The van der Waals surface area contributed by atoms with Crippen molar-refractivity contribution in [2.75, 3.05) is 29.9 Å². The fourth-order valence-corrected chi connectivity index (χ4v) is 0.919. The maximum absolute atomic E-state index is 8.80. The van der Waals surface area contributed by atoms with Crippen LogP contribution in [-0.4, -0.2) is 28.2 Å². The number of nitrogens with one attached hydrogen (secondary N) is 1. The topological polar surface area (TPSA) is 110 Å². The molecule has 6 heteroatoms. The predicted octanol–water partition coefficient (Wildman–Crippen LogP) is -0.319. The monoisotopic (exact) mass is 197 g/mol. The van der Waals surface area contributed by atoms with Crippen LogP contribution in [0.4, 0.5) is 17.6 Å². The Labute approximate surface area is 82.4 Å². The summed E-state index contributed by atoms with van der Waals surface area (Å²) in [5.41, 5.74) is 10.9. The fourth-order valence-electron chi connectivity index (χ4n) is 0.919. The summed E-state index contributed by atoms with van der Waals surface area (Å²) >= 11 is 0. The van der Waals surface area contributed by atoms with Crippen molar-refractivity contribution in [3.8, 4) is 0 Å². The van der Waals surface area contributed by atoms with Crippen LogP contribution in [0.25, 0.3) is 0 Å². The number of aromatic nitrogens is 2. The minimum atomic E-state index is 0.128. The van der Waals surface area contributed by atoms with Crippen LogP contribution in [-0.2, 0) is 0 Å². The highest BCUT2D eigenvalue weighted by atomic mass is 16.3. The van der Waals surface area contributed by atoms with Crippen molar-refractivity contribution in [2.24, 2.45) is 5.92 Å². The minimum absolute atomic E-state index is 0.128. The number of hydrogen-bond donors (Lipinski definition) is 4. The summed E-state index contributed by atoms with van der Waals surface area (Å²) in [4.78, 5) is 7.67. The van der Waals surface area contributed by atoms with Gasteiger partial charge in [0.05, 0.1) is 0 Å². The molecule has 0 spiro atoms. The summed E-state index contributed by atoms with van der Waals surface area (Å²) in [6.07, 6.45) is 0. The van der Waals surface area contributed by atoms with E-state index in [9.17, 15) is 0 Å². The number of hydrogen-bond acceptors (Lipinski definition) is 6. The molecule has 0 saturated heterocycles. The van der Waals surface area contributed by atoms with Gasteiger partial charge in [0.25, 0.3) is 0 Å². The first-order chi connectivity index (χ1) is 6.61. The Morgan fingerprint density at radius 3 is 2.79 bits per heavy atom. The van der Waals surface area contributed by atoms with Crippen LogP contribution in [0.2, 0.25) is 0 Å². The van der Waals surface area contributed by atoms with Crippen molar-refractivity contribution in [1.82, 2.24) is 9.97 Å². The van der Waals surface area contributed by atoms with E-state index < -0.39 is 0 Å². The third-order valence-corrected chi connectivity index (χ3v) is 1.71. The molecule has 0 bridgehead atoms. The molecule has 14 heavy (non-hydrogen) atoms. The van der Waals surface area contributed by atoms with E-state index in [0.29, 0.717) is 18.2 Å². The molecule has 0 fully saturated rings. The molecule has 0 aliphatic carbocycles. The van der Waals surface area contributed by atoms with Gasteiger partial charge in [-0.25, -0.2) is 0 Å². The first-order valence-electron chi connectivity index (χ1n) is 4.36. The minimum Gasteiger partial charge on any atom is -0.396 e. The van der Waals surface area contributed by atoms with Crippen molar-refractivity contribution in [2.45, 2.75) is 6.92 Å². The van der Waals surface area contributed by atoms with E-state index in [0.717, 1.165) is 0 Å². The van der Waals surface area contributed by atoms with E-state index in [4.69, 9.17) is 16.6 Å². The zero-order valence-corrected chi connectivity index (χ0v) is 8.07. The van der Waals surface area contributed by atoms with Gasteiger partial charge in [0.15, 0.2) is 0 Å². The van der Waals surface area contributed by atoms with E-state index >= 15 is 0 Å².